The number of carbonyl (C=O) groups excluding carboxylic acids is 1. The smallest absolute Gasteiger partial charge is 0.283 e. The van der Waals surface area contributed by atoms with E-state index in [1.807, 2.05) is 11.9 Å². The van der Waals surface area contributed by atoms with E-state index in [-0.39, 0.29) is 10.8 Å². The van der Waals surface area contributed by atoms with Crippen LogP contribution in [0.4, 0.5) is 5.69 Å². The lowest BCUT2D eigenvalue weighted by atomic mass is 10.1. The molecule has 1 aromatic rings. The molecule has 1 atom stereocenters. The number of amides is 1. The van der Waals surface area contributed by atoms with E-state index in [2.05, 4.69) is 21.9 Å². The minimum Gasteiger partial charge on any atom is -0.362 e. The molecular weight excluding hydrogens is 338 g/mol. The molecule has 134 valence electrons. The number of likely N-dealkylation sites (tertiary alicyclic amines) is 1. The molecule has 3 rings (SSSR count). The summed E-state index contributed by atoms with van der Waals surface area (Å²) in [7, 11) is -1.87. The van der Waals surface area contributed by atoms with E-state index in [4.69, 9.17) is 0 Å². The first-order chi connectivity index (χ1) is 11.9. The van der Waals surface area contributed by atoms with Gasteiger partial charge >= 0.3 is 0 Å². The summed E-state index contributed by atoms with van der Waals surface area (Å²) >= 11 is 0. The van der Waals surface area contributed by atoms with E-state index in [1.165, 1.54) is 12.1 Å². The molecule has 1 saturated heterocycles. The van der Waals surface area contributed by atoms with Gasteiger partial charge in [-0.05, 0) is 49.4 Å². The predicted octanol–water partition coefficient (Wildman–Crippen LogP) is 2.79. The molecule has 1 N–H and O–H groups in total. The topological polar surface area (TPSA) is 78.8 Å². The summed E-state index contributed by atoms with van der Waals surface area (Å²) in [6.07, 6.45) is 8.28. The molecule has 0 saturated carbocycles. The number of nitrogens with one attached hydrogen (secondary N) is 1. The van der Waals surface area contributed by atoms with Gasteiger partial charge in [-0.3, -0.25) is 4.79 Å². The van der Waals surface area contributed by atoms with E-state index in [1.54, 1.807) is 12.1 Å². The first-order valence-electron chi connectivity index (χ1n) is 8.55. The molecule has 6 nitrogen and oxygen atoms in total. The molecule has 0 aromatic heterocycles. The zero-order valence-electron chi connectivity index (χ0n) is 14.3. The molecule has 2 aliphatic rings. The van der Waals surface area contributed by atoms with Crippen molar-refractivity contribution in [3.8, 4) is 0 Å². The van der Waals surface area contributed by atoms with Crippen LogP contribution in [0, 0.1) is 5.92 Å². The SMILES string of the molecule is CN1CCC/C1=N\S(=O)(=O)c1ccc(NC(=O)CC2C=CCC2)cc1. The van der Waals surface area contributed by atoms with Crippen molar-refractivity contribution in [3.63, 3.8) is 0 Å². The summed E-state index contributed by atoms with van der Waals surface area (Å²) in [6.45, 7) is 0.829. The molecule has 1 aliphatic carbocycles. The van der Waals surface area contributed by atoms with Crippen LogP contribution in [0.5, 0.6) is 0 Å². The molecule has 1 fully saturated rings. The minimum atomic E-state index is -3.72. The molecule has 0 spiro atoms. The van der Waals surface area contributed by atoms with Gasteiger partial charge in [0.15, 0.2) is 0 Å². The van der Waals surface area contributed by atoms with Crippen molar-refractivity contribution < 1.29 is 13.2 Å². The lowest BCUT2D eigenvalue weighted by molar-refractivity contribution is -0.116. The van der Waals surface area contributed by atoms with Crippen molar-refractivity contribution >= 4 is 27.5 Å². The largest absolute Gasteiger partial charge is 0.362 e. The number of rotatable bonds is 5. The van der Waals surface area contributed by atoms with Crippen LogP contribution in [0.3, 0.4) is 0 Å². The third-order valence-electron chi connectivity index (χ3n) is 4.56. The minimum absolute atomic E-state index is 0.0556. The van der Waals surface area contributed by atoms with Gasteiger partial charge in [0.25, 0.3) is 10.0 Å². The van der Waals surface area contributed by atoms with Crippen LogP contribution in [0.2, 0.25) is 0 Å². The Labute approximate surface area is 148 Å². The zero-order chi connectivity index (χ0) is 17.9. The van der Waals surface area contributed by atoms with Gasteiger partial charge in [-0.15, -0.1) is 4.40 Å². The fourth-order valence-corrected chi connectivity index (χ4v) is 4.22. The highest BCUT2D eigenvalue weighted by atomic mass is 32.2. The predicted molar refractivity (Wildman–Crippen MR) is 98.0 cm³/mol. The van der Waals surface area contributed by atoms with E-state index >= 15 is 0 Å². The fourth-order valence-electron chi connectivity index (χ4n) is 3.13. The molecular formula is C18H23N3O3S. The Bertz CT molecular complexity index is 797. The molecule has 7 heteroatoms. The zero-order valence-corrected chi connectivity index (χ0v) is 15.1. The van der Waals surface area contributed by atoms with Crippen molar-refractivity contribution in [1.29, 1.82) is 0 Å². The van der Waals surface area contributed by atoms with Crippen molar-refractivity contribution in [2.24, 2.45) is 10.3 Å². The van der Waals surface area contributed by atoms with Crippen LogP contribution in [0.25, 0.3) is 0 Å². The van der Waals surface area contributed by atoms with E-state index < -0.39 is 10.0 Å². The maximum absolute atomic E-state index is 12.4. The molecule has 25 heavy (non-hydrogen) atoms. The van der Waals surface area contributed by atoms with E-state index in [0.717, 1.165) is 25.8 Å². The highest BCUT2D eigenvalue weighted by Gasteiger charge is 2.20. The maximum atomic E-state index is 12.4. The Balaban J connectivity index is 1.65. The fraction of sp³-hybridized carbons (Fsp3) is 0.444. The van der Waals surface area contributed by atoms with Gasteiger partial charge in [0, 0.05) is 32.1 Å². The Kier molecular flexibility index (Phi) is 5.22. The number of hydrogen-bond donors (Lipinski definition) is 1. The molecule has 0 bridgehead atoms. The quantitative estimate of drug-likeness (QED) is 0.818. The van der Waals surface area contributed by atoms with Crippen LogP contribution in [-0.2, 0) is 14.8 Å². The third kappa shape index (κ3) is 4.48. The van der Waals surface area contributed by atoms with Crippen molar-refractivity contribution in [2.45, 2.75) is 37.0 Å². The van der Waals surface area contributed by atoms with Gasteiger partial charge in [0.2, 0.25) is 5.91 Å². The Hall–Kier alpha value is -2.15. The summed E-state index contributed by atoms with van der Waals surface area (Å²) in [5.41, 5.74) is 0.594. The van der Waals surface area contributed by atoms with Gasteiger partial charge in [-0.1, -0.05) is 12.2 Å². The van der Waals surface area contributed by atoms with Crippen LogP contribution in [-0.4, -0.2) is 38.7 Å². The summed E-state index contributed by atoms with van der Waals surface area (Å²) < 4.78 is 28.7. The van der Waals surface area contributed by atoms with Crippen LogP contribution in [0.1, 0.15) is 32.1 Å². The number of anilines is 1. The van der Waals surface area contributed by atoms with E-state index in [9.17, 15) is 13.2 Å². The molecule has 1 unspecified atom stereocenters. The number of sulfonamides is 1. The second-order valence-corrected chi connectivity index (χ2v) is 8.15. The first kappa shape index (κ1) is 17.7. The van der Waals surface area contributed by atoms with Gasteiger partial charge in [0.05, 0.1) is 4.90 Å². The van der Waals surface area contributed by atoms with Crippen LogP contribution in [0.15, 0.2) is 45.7 Å². The molecule has 1 aromatic carbocycles. The summed E-state index contributed by atoms with van der Waals surface area (Å²) in [5.74, 6) is 0.848. The Morgan fingerprint density at radius 3 is 2.68 bits per heavy atom. The molecule has 1 heterocycles. The average molecular weight is 361 g/mol. The van der Waals surface area contributed by atoms with Crippen LogP contribution >= 0.6 is 0 Å². The summed E-state index contributed by atoms with van der Waals surface area (Å²) in [6, 6.07) is 6.18. The number of amidine groups is 1. The average Bonchev–Trinajstić information content (AvgIpc) is 3.20. The number of nitrogens with zero attached hydrogens (tertiary/aromatic N) is 2. The highest BCUT2D eigenvalue weighted by molar-refractivity contribution is 7.90. The Morgan fingerprint density at radius 1 is 1.32 bits per heavy atom. The summed E-state index contributed by atoms with van der Waals surface area (Å²) in [4.78, 5) is 14.0. The van der Waals surface area contributed by atoms with Gasteiger partial charge in [-0.2, -0.15) is 8.42 Å². The van der Waals surface area contributed by atoms with Crippen molar-refractivity contribution in [1.82, 2.24) is 4.90 Å². The molecule has 1 aliphatic heterocycles. The Morgan fingerprint density at radius 2 is 2.08 bits per heavy atom. The lowest BCUT2D eigenvalue weighted by Crippen LogP contribution is -2.20. The monoisotopic (exact) mass is 361 g/mol. The second kappa shape index (κ2) is 7.39. The standard InChI is InChI=1S/C18H23N3O3S/c1-21-12-4-7-17(21)20-25(23,24)16-10-8-15(9-11-16)19-18(22)13-14-5-2-3-6-14/h2,5,8-11,14H,3-4,6-7,12-13H2,1H3,(H,19,22)/b20-17+. The second-order valence-electron chi connectivity index (χ2n) is 6.55. The van der Waals surface area contributed by atoms with Crippen molar-refractivity contribution in [2.75, 3.05) is 18.9 Å². The number of allylic oxidation sites excluding steroid dienone is 2. The first-order valence-corrected chi connectivity index (χ1v) is 9.99. The third-order valence-corrected chi connectivity index (χ3v) is 5.87. The summed E-state index contributed by atoms with van der Waals surface area (Å²) in [5, 5.41) is 2.82. The number of benzene rings is 1. The van der Waals surface area contributed by atoms with Crippen LogP contribution < -0.4 is 5.32 Å². The van der Waals surface area contributed by atoms with Gasteiger partial charge < -0.3 is 10.2 Å². The highest BCUT2D eigenvalue weighted by Crippen LogP contribution is 2.22. The lowest BCUT2D eigenvalue weighted by Gasteiger charge is -2.11. The normalized spacial score (nSPS) is 21.9. The molecule has 0 radical (unpaired) electrons. The molecule has 1 amide bonds. The van der Waals surface area contributed by atoms with Crippen molar-refractivity contribution in [3.05, 3.63) is 36.4 Å². The number of hydrogen-bond acceptors (Lipinski definition) is 3. The maximum Gasteiger partial charge on any atom is 0.283 e. The van der Waals surface area contributed by atoms with Gasteiger partial charge in [0.1, 0.15) is 5.84 Å². The van der Waals surface area contributed by atoms with E-state index in [0.29, 0.717) is 30.3 Å². The number of carbonyl (C=O) groups is 1. The van der Waals surface area contributed by atoms with Gasteiger partial charge in [-0.25, -0.2) is 0 Å².